The van der Waals surface area contributed by atoms with Crippen LogP contribution in [0.1, 0.15) is 45.5 Å². The molecule has 5 aromatic rings. The number of pyridine rings is 1. The molecule has 0 spiro atoms. The molecule has 3 aromatic carbocycles. The number of thiazole rings is 1. The largest absolute Gasteiger partial charge is 0.489 e. The summed E-state index contributed by atoms with van der Waals surface area (Å²) in [6.07, 6.45) is 7.22. The number of benzene rings is 3. The molecule has 1 aliphatic heterocycles. The average Bonchev–Trinajstić information content (AvgIpc) is 3.63. The Bertz CT molecular complexity index is 1960. The lowest BCUT2D eigenvalue weighted by atomic mass is 9.96. The Morgan fingerprint density at radius 2 is 1.68 bits per heavy atom. The summed E-state index contributed by atoms with van der Waals surface area (Å²) in [6.45, 7) is 5.96. The Balaban J connectivity index is 1.21. The fraction of sp³-hybridized carbons (Fsp3) is 0.308. The van der Waals surface area contributed by atoms with Gasteiger partial charge in [0.15, 0.2) is 0 Å². The van der Waals surface area contributed by atoms with Crippen molar-refractivity contribution in [1.82, 2.24) is 19.8 Å². The van der Waals surface area contributed by atoms with Crippen molar-refractivity contribution in [3.8, 4) is 34.4 Å². The van der Waals surface area contributed by atoms with Gasteiger partial charge in [-0.05, 0) is 68.8 Å². The minimum atomic E-state index is 0.155. The molecule has 0 atom stereocenters. The summed E-state index contributed by atoms with van der Waals surface area (Å²) in [6, 6.07) is 19.8. The Labute approximate surface area is 307 Å². The van der Waals surface area contributed by atoms with E-state index in [1.807, 2.05) is 55.2 Å². The first kappa shape index (κ1) is 35.6. The van der Waals surface area contributed by atoms with Crippen molar-refractivity contribution in [2.75, 3.05) is 27.2 Å². The second-order valence-electron chi connectivity index (χ2n) is 12.6. The van der Waals surface area contributed by atoms with E-state index >= 15 is 0 Å². The summed E-state index contributed by atoms with van der Waals surface area (Å²) in [5.74, 6) is 1.87. The van der Waals surface area contributed by atoms with Crippen LogP contribution in [-0.2, 0) is 26.3 Å². The molecule has 0 amide bonds. The summed E-state index contributed by atoms with van der Waals surface area (Å²) in [5, 5.41) is 10.4. The molecule has 1 saturated heterocycles. The van der Waals surface area contributed by atoms with Crippen molar-refractivity contribution in [3.05, 3.63) is 121 Å². The lowest BCUT2D eigenvalue weighted by Gasteiger charge is -2.29. The topological polar surface area (TPSA) is 83.7 Å². The van der Waals surface area contributed by atoms with Gasteiger partial charge in [-0.2, -0.15) is 5.26 Å². The van der Waals surface area contributed by atoms with E-state index in [9.17, 15) is 5.26 Å². The third kappa shape index (κ3) is 8.94. The molecule has 50 heavy (non-hydrogen) atoms. The number of hydrogen-bond donors (Lipinski definition) is 0. The molecule has 0 bridgehead atoms. The molecule has 0 saturated carbocycles. The van der Waals surface area contributed by atoms with Crippen molar-refractivity contribution < 1.29 is 14.2 Å². The van der Waals surface area contributed by atoms with E-state index in [0.717, 1.165) is 70.7 Å². The van der Waals surface area contributed by atoms with Crippen LogP contribution >= 0.6 is 34.5 Å². The molecule has 0 aliphatic carbocycles. The van der Waals surface area contributed by atoms with E-state index in [1.54, 1.807) is 23.6 Å². The molecular weight excluding hydrogens is 689 g/mol. The fourth-order valence-corrected chi connectivity index (χ4v) is 7.23. The molecule has 8 nitrogen and oxygen atoms in total. The number of piperidine rings is 1. The monoisotopic (exact) mass is 727 g/mol. The van der Waals surface area contributed by atoms with Crippen LogP contribution in [0.15, 0.2) is 78.7 Å². The van der Waals surface area contributed by atoms with Crippen LogP contribution in [0.25, 0.3) is 11.1 Å². The van der Waals surface area contributed by atoms with E-state index in [0.29, 0.717) is 46.0 Å². The second-order valence-corrected chi connectivity index (χ2v) is 14.4. The van der Waals surface area contributed by atoms with Crippen LogP contribution < -0.4 is 14.2 Å². The Kier molecular flexibility index (Phi) is 11.9. The highest BCUT2D eigenvalue weighted by atomic mass is 35.5. The molecule has 2 aromatic heterocycles. The van der Waals surface area contributed by atoms with Gasteiger partial charge in [-0.1, -0.05) is 53.5 Å². The minimum absolute atomic E-state index is 0.155. The smallest absolute Gasteiger partial charge is 0.142 e. The average molecular weight is 729 g/mol. The van der Waals surface area contributed by atoms with Crippen molar-refractivity contribution in [1.29, 1.82) is 5.26 Å². The van der Waals surface area contributed by atoms with Crippen LogP contribution in [0.2, 0.25) is 10.0 Å². The normalized spacial score (nSPS) is 13.7. The van der Waals surface area contributed by atoms with Gasteiger partial charge in [0.05, 0.1) is 21.1 Å². The molecule has 258 valence electrons. The molecule has 1 fully saturated rings. The first-order valence-corrected chi connectivity index (χ1v) is 18.1. The Hall–Kier alpha value is -4.17. The van der Waals surface area contributed by atoms with Gasteiger partial charge >= 0.3 is 0 Å². The van der Waals surface area contributed by atoms with Crippen LogP contribution in [0, 0.1) is 18.3 Å². The zero-order valence-electron chi connectivity index (χ0n) is 28.4. The minimum Gasteiger partial charge on any atom is -0.489 e. The quantitative estimate of drug-likeness (QED) is 0.119. The van der Waals surface area contributed by atoms with Crippen LogP contribution in [0.4, 0.5) is 0 Å². The van der Waals surface area contributed by atoms with Crippen molar-refractivity contribution in [2.24, 2.45) is 0 Å². The van der Waals surface area contributed by atoms with E-state index in [4.69, 9.17) is 37.4 Å². The van der Waals surface area contributed by atoms with Crippen LogP contribution in [-0.4, -0.2) is 53.1 Å². The van der Waals surface area contributed by atoms with Gasteiger partial charge in [-0.3, -0.25) is 14.9 Å². The molecule has 1 aliphatic rings. The van der Waals surface area contributed by atoms with Crippen molar-refractivity contribution >= 4 is 34.5 Å². The van der Waals surface area contributed by atoms with E-state index in [1.165, 1.54) is 6.20 Å². The number of halogens is 2. The highest BCUT2D eigenvalue weighted by Crippen LogP contribution is 2.39. The predicted octanol–water partition coefficient (Wildman–Crippen LogP) is 8.96. The molecule has 6 rings (SSSR count). The number of likely N-dealkylation sites (tertiary alicyclic amines) is 1. The molecule has 0 unspecified atom stereocenters. The van der Waals surface area contributed by atoms with E-state index < -0.39 is 0 Å². The lowest BCUT2D eigenvalue weighted by Crippen LogP contribution is -2.35. The number of nitriles is 1. The number of ether oxygens (including phenoxy) is 3. The highest BCUT2D eigenvalue weighted by molar-refractivity contribution is 7.09. The van der Waals surface area contributed by atoms with Gasteiger partial charge in [0.25, 0.3) is 0 Å². The molecule has 11 heteroatoms. The standard InChI is InChI=1S/C39H39Cl2N5O3S/c1-26-29(6-4-7-33(26)34-8-5-9-36(39(34)41)49-31-10-12-45(2)13-11-31)24-48-38-16-37(47-23-28-14-27(17-42)18-43-19-28)30(15-35(38)40)21-46(3)22-32-20-44-25-50-32/h4-9,14-16,18-20,25,31H,10-13,21-24H2,1-3H3. The van der Waals surface area contributed by atoms with Crippen LogP contribution in [0.3, 0.4) is 0 Å². The maximum absolute atomic E-state index is 9.33. The van der Waals surface area contributed by atoms with Gasteiger partial charge in [0.1, 0.15) is 42.6 Å². The summed E-state index contributed by atoms with van der Waals surface area (Å²) >= 11 is 15.5. The maximum Gasteiger partial charge on any atom is 0.142 e. The Morgan fingerprint density at radius 3 is 2.46 bits per heavy atom. The van der Waals surface area contributed by atoms with Gasteiger partial charge in [0, 0.05) is 72.4 Å². The fourth-order valence-electron chi connectivity index (χ4n) is 6.05. The van der Waals surface area contributed by atoms with Gasteiger partial charge in [-0.15, -0.1) is 11.3 Å². The lowest BCUT2D eigenvalue weighted by molar-refractivity contribution is 0.114. The number of hydrogen-bond acceptors (Lipinski definition) is 9. The zero-order chi connectivity index (χ0) is 35.0. The SMILES string of the molecule is Cc1c(COc2cc(OCc3cncc(C#N)c3)c(CN(C)Cc3cncs3)cc2Cl)cccc1-c1cccc(OC2CCN(C)CC2)c1Cl. The first-order chi connectivity index (χ1) is 24.3. The first-order valence-electron chi connectivity index (χ1n) is 16.5. The van der Waals surface area contributed by atoms with Gasteiger partial charge in [0.2, 0.25) is 0 Å². The predicted molar refractivity (Wildman–Crippen MR) is 199 cm³/mol. The molecule has 0 radical (unpaired) electrons. The zero-order valence-corrected chi connectivity index (χ0v) is 30.7. The number of nitrogens with zero attached hydrogens (tertiary/aromatic N) is 5. The van der Waals surface area contributed by atoms with Gasteiger partial charge < -0.3 is 19.1 Å². The molecule has 0 N–H and O–H groups in total. The molecule has 3 heterocycles. The van der Waals surface area contributed by atoms with Crippen molar-refractivity contribution in [3.63, 3.8) is 0 Å². The summed E-state index contributed by atoms with van der Waals surface area (Å²) in [5.41, 5.74) is 8.02. The summed E-state index contributed by atoms with van der Waals surface area (Å²) < 4.78 is 19.1. The van der Waals surface area contributed by atoms with Crippen LogP contribution in [0.5, 0.6) is 17.2 Å². The number of rotatable bonds is 13. The molecular formula is C39H39Cl2N5O3S. The maximum atomic E-state index is 9.33. The van der Waals surface area contributed by atoms with Gasteiger partial charge in [-0.25, -0.2) is 0 Å². The van der Waals surface area contributed by atoms with E-state index in [-0.39, 0.29) is 12.7 Å². The summed E-state index contributed by atoms with van der Waals surface area (Å²) in [4.78, 5) is 14.0. The number of aromatic nitrogens is 2. The third-order valence-corrected chi connectivity index (χ3v) is 10.3. The Morgan fingerprint density at radius 1 is 0.900 bits per heavy atom. The second kappa shape index (κ2) is 16.7. The highest BCUT2D eigenvalue weighted by Gasteiger charge is 2.21. The van der Waals surface area contributed by atoms with Crippen molar-refractivity contribution in [2.45, 2.75) is 52.2 Å². The third-order valence-electron chi connectivity index (χ3n) is 8.82. The van der Waals surface area contributed by atoms with E-state index in [2.05, 4.69) is 51.9 Å². The summed E-state index contributed by atoms with van der Waals surface area (Å²) in [7, 11) is 4.18.